The van der Waals surface area contributed by atoms with Gasteiger partial charge in [0.1, 0.15) is 0 Å². The minimum Gasteiger partial charge on any atom is -0.404 e. The van der Waals surface area contributed by atoms with Crippen LogP contribution in [0.1, 0.15) is 18.3 Å². The molecule has 0 aliphatic rings. The maximum absolute atomic E-state index is 8.98. The van der Waals surface area contributed by atoms with Gasteiger partial charge in [0.25, 0.3) is 0 Å². The second kappa shape index (κ2) is 5.67. The number of allylic oxidation sites excluding steroid dienone is 1. The quantitative estimate of drug-likeness (QED) is 0.872. The summed E-state index contributed by atoms with van der Waals surface area (Å²) in [6, 6.07) is 3.94. The van der Waals surface area contributed by atoms with E-state index in [2.05, 4.69) is 10.1 Å². The number of pyridine rings is 1. The highest BCUT2D eigenvalue weighted by Crippen LogP contribution is 2.24. The molecule has 0 aromatic carbocycles. The monoisotopic (exact) mass is 258 g/mol. The van der Waals surface area contributed by atoms with Crippen molar-refractivity contribution in [2.24, 2.45) is 5.73 Å². The summed E-state index contributed by atoms with van der Waals surface area (Å²) in [5, 5.41) is 13.3. The van der Waals surface area contributed by atoms with Crippen LogP contribution in [-0.4, -0.2) is 26.5 Å². The summed E-state index contributed by atoms with van der Waals surface area (Å²) >= 11 is 0. The Bertz CT molecular complexity index is 601. The Morgan fingerprint density at radius 1 is 1.53 bits per heavy atom. The van der Waals surface area contributed by atoms with E-state index in [0.717, 1.165) is 28.1 Å². The van der Waals surface area contributed by atoms with Crippen LogP contribution in [-0.2, 0) is 6.54 Å². The van der Waals surface area contributed by atoms with Gasteiger partial charge in [-0.3, -0.25) is 9.67 Å². The van der Waals surface area contributed by atoms with E-state index in [4.69, 9.17) is 10.8 Å². The van der Waals surface area contributed by atoms with E-state index in [1.54, 1.807) is 17.1 Å². The summed E-state index contributed by atoms with van der Waals surface area (Å²) in [6.07, 6.45) is 5.13. The molecule has 0 saturated carbocycles. The lowest BCUT2D eigenvalue weighted by molar-refractivity contribution is 0.268. The SMILES string of the molecule is C/C(=C/N)c1cc(-c2cnn(CCO)c2C)ccn1. The Balaban J connectivity index is 2.42. The first kappa shape index (κ1) is 13.3. The first-order valence-electron chi connectivity index (χ1n) is 6.16. The topological polar surface area (TPSA) is 77.0 Å². The summed E-state index contributed by atoms with van der Waals surface area (Å²) in [5.74, 6) is 0. The van der Waals surface area contributed by atoms with Gasteiger partial charge in [-0.25, -0.2) is 0 Å². The summed E-state index contributed by atoms with van der Waals surface area (Å²) in [5.41, 5.74) is 10.4. The predicted molar refractivity (Wildman–Crippen MR) is 75.1 cm³/mol. The summed E-state index contributed by atoms with van der Waals surface area (Å²) in [4.78, 5) is 4.29. The van der Waals surface area contributed by atoms with Gasteiger partial charge in [0.05, 0.1) is 25.0 Å². The number of nitrogens with two attached hydrogens (primary N) is 1. The zero-order chi connectivity index (χ0) is 13.8. The molecule has 100 valence electrons. The van der Waals surface area contributed by atoms with Crippen LogP contribution >= 0.6 is 0 Å². The van der Waals surface area contributed by atoms with Gasteiger partial charge in [0, 0.05) is 17.5 Å². The molecular formula is C14H18N4O. The Hall–Kier alpha value is -2.14. The molecule has 0 spiro atoms. The fourth-order valence-corrected chi connectivity index (χ4v) is 1.95. The standard InChI is InChI=1S/C14H18N4O/c1-10(8-15)14-7-12(3-4-16-14)13-9-17-18(5-6-19)11(13)2/h3-4,7-9,19H,5-6,15H2,1-2H3/b10-8-. The highest BCUT2D eigenvalue weighted by molar-refractivity contribution is 5.70. The Labute approximate surface area is 112 Å². The van der Waals surface area contributed by atoms with E-state index < -0.39 is 0 Å². The van der Waals surface area contributed by atoms with E-state index in [0.29, 0.717) is 6.54 Å². The molecule has 5 nitrogen and oxygen atoms in total. The summed E-state index contributed by atoms with van der Waals surface area (Å²) < 4.78 is 1.79. The van der Waals surface area contributed by atoms with E-state index in [-0.39, 0.29) is 6.61 Å². The van der Waals surface area contributed by atoms with Gasteiger partial charge >= 0.3 is 0 Å². The maximum atomic E-state index is 8.98. The number of aromatic nitrogens is 3. The molecule has 0 atom stereocenters. The minimum atomic E-state index is 0.0819. The molecule has 19 heavy (non-hydrogen) atoms. The lowest BCUT2D eigenvalue weighted by atomic mass is 10.1. The second-order valence-electron chi connectivity index (χ2n) is 4.37. The fourth-order valence-electron chi connectivity index (χ4n) is 1.95. The first-order valence-corrected chi connectivity index (χ1v) is 6.16. The molecule has 0 bridgehead atoms. The van der Waals surface area contributed by atoms with E-state index in [1.807, 2.05) is 32.2 Å². The molecule has 5 heteroatoms. The van der Waals surface area contributed by atoms with Crippen LogP contribution in [0, 0.1) is 6.92 Å². The molecule has 0 aliphatic carbocycles. The Kier molecular flexibility index (Phi) is 3.97. The maximum Gasteiger partial charge on any atom is 0.0679 e. The number of hydrogen-bond acceptors (Lipinski definition) is 4. The highest BCUT2D eigenvalue weighted by Gasteiger charge is 2.09. The lowest BCUT2D eigenvalue weighted by Crippen LogP contribution is -2.05. The summed E-state index contributed by atoms with van der Waals surface area (Å²) in [6.45, 7) is 4.50. The van der Waals surface area contributed by atoms with Crippen LogP contribution in [0.2, 0.25) is 0 Å². The molecule has 0 radical (unpaired) electrons. The van der Waals surface area contributed by atoms with Gasteiger partial charge in [0.15, 0.2) is 0 Å². The van der Waals surface area contributed by atoms with Crippen LogP contribution < -0.4 is 5.73 Å². The van der Waals surface area contributed by atoms with Crippen molar-refractivity contribution in [3.63, 3.8) is 0 Å². The van der Waals surface area contributed by atoms with Crippen LogP contribution in [0.3, 0.4) is 0 Å². The van der Waals surface area contributed by atoms with Gasteiger partial charge in [-0.2, -0.15) is 5.10 Å². The third-order valence-electron chi connectivity index (χ3n) is 3.14. The molecule has 0 amide bonds. The van der Waals surface area contributed by atoms with Crippen LogP contribution in [0.25, 0.3) is 16.7 Å². The van der Waals surface area contributed by atoms with Crippen molar-refractivity contribution >= 4 is 5.57 Å². The molecule has 0 fully saturated rings. The molecule has 2 aromatic heterocycles. The molecule has 2 rings (SSSR count). The molecule has 0 aliphatic heterocycles. The van der Waals surface area contributed by atoms with Crippen LogP contribution in [0.15, 0.2) is 30.7 Å². The zero-order valence-electron chi connectivity index (χ0n) is 11.2. The Morgan fingerprint density at radius 3 is 3.00 bits per heavy atom. The molecule has 3 N–H and O–H groups in total. The van der Waals surface area contributed by atoms with Crippen molar-refractivity contribution in [3.05, 3.63) is 42.1 Å². The van der Waals surface area contributed by atoms with Crippen LogP contribution in [0.4, 0.5) is 0 Å². The highest BCUT2D eigenvalue weighted by atomic mass is 16.3. The van der Waals surface area contributed by atoms with Gasteiger partial charge in [0.2, 0.25) is 0 Å². The first-order chi connectivity index (χ1) is 9.17. The van der Waals surface area contributed by atoms with Gasteiger partial charge in [-0.1, -0.05) is 0 Å². The number of hydrogen-bond donors (Lipinski definition) is 2. The minimum absolute atomic E-state index is 0.0819. The predicted octanol–water partition coefficient (Wildman–Crippen LogP) is 1.57. The molecular weight excluding hydrogens is 240 g/mol. The third-order valence-corrected chi connectivity index (χ3v) is 3.14. The van der Waals surface area contributed by atoms with Crippen molar-refractivity contribution in [2.45, 2.75) is 20.4 Å². The van der Waals surface area contributed by atoms with Crippen molar-refractivity contribution < 1.29 is 5.11 Å². The molecule has 0 saturated heterocycles. The van der Waals surface area contributed by atoms with Crippen molar-refractivity contribution in [1.29, 1.82) is 0 Å². The zero-order valence-corrected chi connectivity index (χ0v) is 11.2. The summed E-state index contributed by atoms with van der Waals surface area (Å²) in [7, 11) is 0. The third kappa shape index (κ3) is 2.66. The van der Waals surface area contributed by atoms with Gasteiger partial charge in [-0.05, 0) is 43.3 Å². The van der Waals surface area contributed by atoms with Gasteiger partial charge in [-0.15, -0.1) is 0 Å². The lowest BCUT2D eigenvalue weighted by Gasteiger charge is -2.05. The average molecular weight is 258 g/mol. The van der Waals surface area contributed by atoms with Crippen molar-refractivity contribution in [2.75, 3.05) is 6.61 Å². The molecule has 0 unspecified atom stereocenters. The van der Waals surface area contributed by atoms with Crippen LogP contribution in [0.5, 0.6) is 0 Å². The van der Waals surface area contributed by atoms with E-state index in [1.165, 1.54) is 0 Å². The van der Waals surface area contributed by atoms with E-state index in [9.17, 15) is 0 Å². The Morgan fingerprint density at radius 2 is 2.32 bits per heavy atom. The molecule has 2 heterocycles. The average Bonchev–Trinajstić information content (AvgIpc) is 2.80. The smallest absolute Gasteiger partial charge is 0.0679 e. The number of aliphatic hydroxyl groups is 1. The van der Waals surface area contributed by atoms with Gasteiger partial charge < -0.3 is 10.8 Å². The second-order valence-corrected chi connectivity index (χ2v) is 4.37. The number of nitrogens with zero attached hydrogens (tertiary/aromatic N) is 3. The molecule has 2 aromatic rings. The fraction of sp³-hybridized carbons (Fsp3) is 0.286. The van der Waals surface area contributed by atoms with E-state index >= 15 is 0 Å². The van der Waals surface area contributed by atoms with Crippen molar-refractivity contribution in [3.8, 4) is 11.1 Å². The normalized spacial score (nSPS) is 11.8. The largest absolute Gasteiger partial charge is 0.404 e. The number of aliphatic hydroxyl groups excluding tert-OH is 1. The van der Waals surface area contributed by atoms with Crippen molar-refractivity contribution in [1.82, 2.24) is 14.8 Å². The number of rotatable bonds is 4.